The van der Waals surface area contributed by atoms with E-state index in [1.807, 2.05) is 30.3 Å². The van der Waals surface area contributed by atoms with E-state index in [0.717, 1.165) is 5.56 Å². The van der Waals surface area contributed by atoms with Gasteiger partial charge in [-0.15, -0.1) is 0 Å². The predicted octanol–water partition coefficient (Wildman–Crippen LogP) is 7.07. The van der Waals surface area contributed by atoms with Gasteiger partial charge >= 0.3 is 0 Å². The molecule has 1 aliphatic heterocycles. The first-order valence-electron chi connectivity index (χ1n) is 9.89. The number of anilines is 1. The first kappa shape index (κ1) is 24.7. The van der Waals surface area contributed by atoms with E-state index in [1.165, 1.54) is 25.1 Å². The molecular formula is C24H13Cl2F5N2O2. The molecule has 35 heavy (non-hydrogen) atoms. The molecule has 180 valence electrons. The summed E-state index contributed by atoms with van der Waals surface area (Å²) in [5.41, 5.74) is -0.681. The molecule has 0 saturated carbocycles. The molecule has 0 radical (unpaired) electrons. The summed E-state index contributed by atoms with van der Waals surface area (Å²) in [6.07, 6.45) is 1.26. The zero-order chi connectivity index (χ0) is 25.4. The number of nitrogens with zero attached hydrogens (tertiary/aromatic N) is 2. The van der Waals surface area contributed by atoms with Gasteiger partial charge in [-0.05, 0) is 30.7 Å². The van der Waals surface area contributed by atoms with Crippen LogP contribution in [0.3, 0.4) is 0 Å². The molecule has 1 amide bonds. The van der Waals surface area contributed by atoms with Gasteiger partial charge in [0.15, 0.2) is 23.3 Å². The summed E-state index contributed by atoms with van der Waals surface area (Å²) in [5.74, 6) is -12.1. The number of halogens is 7. The van der Waals surface area contributed by atoms with Gasteiger partial charge in [0.25, 0.3) is 5.91 Å². The monoisotopic (exact) mass is 526 g/mol. The quantitative estimate of drug-likeness (QED) is 0.154. The highest BCUT2D eigenvalue weighted by Gasteiger charge is 2.37. The Morgan fingerprint density at radius 3 is 2.17 bits per heavy atom. The fraction of sp³-hybridized carbons (Fsp3) is 0.0833. The molecule has 11 heteroatoms. The van der Waals surface area contributed by atoms with Gasteiger partial charge in [0.2, 0.25) is 5.82 Å². The van der Waals surface area contributed by atoms with Crippen molar-refractivity contribution < 1.29 is 31.5 Å². The maximum atomic E-state index is 14.3. The number of amides is 1. The van der Waals surface area contributed by atoms with Crippen molar-refractivity contribution in [2.24, 2.45) is 5.10 Å². The highest BCUT2D eigenvalue weighted by Crippen LogP contribution is 2.37. The Kier molecular flexibility index (Phi) is 6.82. The number of hydrogen-bond donors (Lipinski definition) is 0. The van der Waals surface area contributed by atoms with Gasteiger partial charge in [-0.2, -0.15) is 10.1 Å². The number of benzene rings is 3. The molecule has 3 aromatic rings. The third kappa shape index (κ3) is 4.61. The van der Waals surface area contributed by atoms with Crippen molar-refractivity contribution >= 4 is 46.6 Å². The van der Waals surface area contributed by atoms with Crippen LogP contribution in [-0.4, -0.2) is 11.6 Å². The van der Waals surface area contributed by atoms with E-state index in [9.17, 15) is 26.7 Å². The highest BCUT2D eigenvalue weighted by molar-refractivity contribution is 6.36. The van der Waals surface area contributed by atoms with E-state index in [4.69, 9.17) is 27.9 Å². The standard InChI is InChI=1S/C24H13Cl2F5N2O2/c1-11-15(24(34)33(32-11)22-20(30)18(28)17(27)19(29)21(22)31)8-13-7-14(25)9-16(26)23(13)35-10-12-5-3-2-4-6-12/h2-9H,10H2,1H3/b15-8-. The minimum Gasteiger partial charge on any atom is -0.487 e. The second kappa shape index (κ2) is 9.67. The van der Waals surface area contributed by atoms with Gasteiger partial charge < -0.3 is 4.74 Å². The van der Waals surface area contributed by atoms with Crippen molar-refractivity contribution in [3.63, 3.8) is 0 Å². The van der Waals surface area contributed by atoms with Gasteiger partial charge in [-0.1, -0.05) is 53.5 Å². The second-order valence-corrected chi connectivity index (χ2v) is 8.20. The normalized spacial score (nSPS) is 14.6. The van der Waals surface area contributed by atoms with E-state index in [0.29, 0.717) is 0 Å². The summed E-state index contributed by atoms with van der Waals surface area (Å²) in [6, 6.07) is 12.0. The third-order valence-electron chi connectivity index (χ3n) is 5.02. The van der Waals surface area contributed by atoms with E-state index >= 15 is 0 Å². The van der Waals surface area contributed by atoms with Crippen LogP contribution in [0, 0.1) is 29.1 Å². The Balaban J connectivity index is 1.74. The zero-order valence-electron chi connectivity index (χ0n) is 17.7. The Bertz CT molecular complexity index is 1380. The van der Waals surface area contributed by atoms with Crippen LogP contribution in [-0.2, 0) is 11.4 Å². The Labute approximate surface area is 205 Å². The fourth-order valence-electron chi connectivity index (χ4n) is 3.34. The molecule has 0 atom stereocenters. The van der Waals surface area contributed by atoms with Crippen LogP contribution in [0.25, 0.3) is 6.08 Å². The molecule has 0 N–H and O–H groups in total. The lowest BCUT2D eigenvalue weighted by Gasteiger charge is -2.15. The lowest BCUT2D eigenvalue weighted by Crippen LogP contribution is -2.25. The molecule has 4 rings (SSSR count). The van der Waals surface area contributed by atoms with Gasteiger partial charge in [0.1, 0.15) is 18.0 Å². The fourth-order valence-corrected chi connectivity index (χ4v) is 3.90. The first-order valence-corrected chi connectivity index (χ1v) is 10.6. The molecule has 0 spiro atoms. The lowest BCUT2D eigenvalue weighted by molar-refractivity contribution is -0.114. The van der Waals surface area contributed by atoms with Gasteiger partial charge in [-0.3, -0.25) is 4.79 Å². The molecule has 3 aromatic carbocycles. The van der Waals surface area contributed by atoms with Crippen LogP contribution in [0.1, 0.15) is 18.1 Å². The van der Waals surface area contributed by atoms with Gasteiger partial charge in [0.05, 0.1) is 16.3 Å². The molecule has 0 aromatic heterocycles. The molecule has 0 aliphatic carbocycles. The number of carbonyl (C=O) groups excluding carboxylic acids is 1. The minimum absolute atomic E-state index is 0.0518. The predicted molar refractivity (Wildman–Crippen MR) is 122 cm³/mol. The minimum atomic E-state index is -2.35. The summed E-state index contributed by atoms with van der Waals surface area (Å²) >= 11 is 12.4. The van der Waals surface area contributed by atoms with Gasteiger partial charge in [-0.25, -0.2) is 22.0 Å². The van der Waals surface area contributed by atoms with E-state index in [-0.39, 0.29) is 44.3 Å². The lowest BCUT2D eigenvalue weighted by atomic mass is 10.1. The topological polar surface area (TPSA) is 41.9 Å². The van der Waals surface area contributed by atoms with Crippen molar-refractivity contribution in [2.45, 2.75) is 13.5 Å². The number of hydrazone groups is 1. The van der Waals surface area contributed by atoms with Crippen molar-refractivity contribution in [2.75, 3.05) is 5.01 Å². The number of ether oxygens (including phenoxy) is 1. The maximum Gasteiger partial charge on any atom is 0.280 e. The zero-order valence-corrected chi connectivity index (χ0v) is 19.2. The molecule has 0 fully saturated rings. The number of hydrogen-bond acceptors (Lipinski definition) is 3. The molecule has 0 saturated heterocycles. The molecule has 4 nitrogen and oxygen atoms in total. The van der Waals surface area contributed by atoms with Crippen LogP contribution in [0.15, 0.2) is 53.1 Å². The molecule has 0 unspecified atom stereocenters. The first-order chi connectivity index (χ1) is 16.6. The highest BCUT2D eigenvalue weighted by atomic mass is 35.5. The molecule has 0 bridgehead atoms. The average Bonchev–Trinajstić information content (AvgIpc) is 3.09. The van der Waals surface area contributed by atoms with Gasteiger partial charge in [0, 0.05) is 10.6 Å². The van der Waals surface area contributed by atoms with E-state index in [2.05, 4.69) is 5.10 Å². The largest absolute Gasteiger partial charge is 0.487 e. The Morgan fingerprint density at radius 1 is 0.943 bits per heavy atom. The van der Waals surface area contributed by atoms with Crippen molar-refractivity contribution in [3.05, 3.63) is 98.3 Å². The van der Waals surface area contributed by atoms with Crippen LogP contribution in [0.4, 0.5) is 27.6 Å². The van der Waals surface area contributed by atoms with E-state index < -0.39 is 40.7 Å². The smallest absolute Gasteiger partial charge is 0.280 e. The molecule has 1 heterocycles. The summed E-state index contributed by atoms with van der Waals surface area (Å²) in [7, 11) is 0. The summed E-state index contributed by atoms with van der Waals surface area (Å²) in [4.78, 5) is 13.0. The summed E-state index contributed by atoms with van der Waals surface area (Å²) in [5, 5.41) is 4.15. The second-order valence-electron chi connectivity index (χ2n) is 7.36. The Hall–Kier alpha value is -3.43. The average molecular weight is 527 g/mol. The van der Waals surface area contributed by atoms with Crippen LogP contribution >= 0.6 is 23.2 Å². The summed E-state index contributed by atoms with van der Waals surface area (Å²) < 4.78 is 75.2. The van der Waals surface area contributed by atoms with Crippen LogP contribution in [0.2, 0.25) is 10.0 Å². The molecular weight excluding hydrogens is 514 g/mol. The van der Waals surface area contributed by atoms with Crippen molar-refractivity contribution in [1.29, 1.82) is 0 Å². The van der Waals surface area contributed by atoms with Crippen LogP contribution in [0.5, 0.6) is 5.75 Å². The van der Waals surface area contributed by atoms with Crippen molar-refractivity contribution in [1.82, 2.24) is 0 Å². The summed E-state index contributed by atoms with van der Waals surface area (Å²) in [6.45, 7) is 1.45. The SMILES string of the molecule is CC1=NN(c2c(F)c(F)c(F)c(F)c2F)C(=O)/C1=C\c1cc(Cl)cc(Cl)c1OCc1ccccc1. The Morgan fingerprint density at radius 2 is 1.54 bits per heavy atom. The third-order valence-corrected chi connectivity index (χ3v) is 5.52. The molecule has 1 aliphatic rings. The number of rotatable bonds is 5. The van der Waals surface area contributed by atoms with Crippen LogP contribution < -0.4 is 9.75 Å². The van der Waals surface area contributed by atoms with Crippen molar-refractivity contribution in [3.8, 4) is 5.75 Å². The maximum absolute atomic E-state index is 14.3. The number of carbonyl (C=O) groups is 1. The van der Waals surface area contributed by atoms with E-state index in [1.54, 1.807) is 0 Å².